The van der Waals surface area contributed by atoms with Gasteiger partial charge >= 0.3 is 0 Å². The molecule has 1 N–H and O–H groups in total. The van der Waals surface area contributed by atoms with Gasteiger partial charge in [-0.1, -0.05) is 0 Å². The van der Waals surface area contributed by atoms with Gasteiger partial charge in [0, 0.05) is 38.3 Å². The minimum absolute atomic E-state index is 0.0701. The molecule has 0 spiro atoms. The van der Waals surface area contributed by atoms with Crippen molar-refractivity contribution in [2.45, 2.75) is 38.1 Å². The number of hydrogen-bond acceptors (Lipinski definition) is 4. The van der Waals surface area contributed by atoms with Gasteiger partial charge < -0.3 is 15.0 Å². The van der Waals surface area contributed by atoms with Crippen molar-refractivity contribution >= 4 is 11.6 Å². The van der Waals surface area contributed by atoms with E-state index in [0.717, 1.165) is 70.9 Å². The first-order chi connectivity index (χ1) is 16.5. The molecule has 34 heavy (non-hydrogen) atoms. The van der Waals surface area contributed by atoms with E-state index in [-0.39, 0.29) is 24.4 Å². The fourth-order valence-electron chi connectivity index (χ4n) is 4.86. The van der Waals surface area contributed by atoms with Crippen LogP contribution in [-0.4, -0.2) is 56.2 Å². The number of anilines is 1. The Morgan fingerprint density at radius 2 is 1.59 bits per heavy atom. The predicted molar refractivity (Wildman–Crippen MR) is 125 cm³/mol. The zero-order valence-electron chi connectivity index (χ0n) is 19.3. The summed E-state index contributed by atoms with van der Waals surface area (Å²) in [5.74, 6) is -0.411. The van der Waals surface area contributed by atoms with Crippen molar-refractivity contribution in [1.29, 1.82) is 0 Å². The van der Waals surface area contributed by atoms with Crippen LogP contribution in [0.4, 0.5) is 18.9 Å². The smallest absolute Gasteiger partial charge is 0.258 e. The average molecular weight is 476 g/mol. The highest BCUT2D eigenvalue weighted by Crippen LogP contribution is 2.28. The molecule has 1 aliphatic carbocycles. The molecule has 1 heterocycles. The highest BCUT2D eigenvalue weighted by molar-refractivity contribution is 5.77. The van der Waals surface area contributed by atoms with E-state index in [4.69, 9.17) is 4.74 Å². The number of piperazine rings is 1. The topological polar surface area (TPSA) is 44.8 Å². The number of rotatable bonds is 8. The Hall–Kier alpha value is -2.74. The molecule has 2 aromatic rings. The van der Waals surface area contributed by atoms with E-state index in [9.17, 15) is 18.0 Å². The Morgan fingerprint density at radius 3 is 2.26 bits per heavy atom. The van der Waals surface area contributed by atoms with Crippen LogP contribution in [0.25, 0.3) is 0 Å². The fraction of sp³-hybridized carbons (Fsp3) is 0.500. The Bertz CT molecular complexity index is 941. The molecule has 1 amide bonds. The highest BCUT2D eigenvalue weighted by atomic mass is 19.1. The third-order valence-corrected chi connectivity index (χ3v) is 6.87. The molecule has 0 bridgehead atoms. The SMILES string of the molecule is O=C(COc1ccc(F)cc1)NC1CCC(CCN2CCN(c3ccc(F)cc3F)CC2)CC1. The van der Waals surface area contributed by atoms with Gasteiger partial charge in [0.1, 0.15) is 23.2 Å². The maximum atomic E-state index is 14.0. The van der Waals surface area contributed by atoms with Gasteiger partial charge in [0.25, 0.3) is 5.91 Å². The van der Waals surface area contributed by atoms with Crippen molar-refractivity contribution in [3.63, 3.8) is 0 Å². The van der Waals surface area contributed by atoms with Crippen molar-refractivity contribution in [1.82, 2.24) is 10.2 Å². The minimum Gasteiger partial charge on any atom is -0.484 e. The Morgan fingerprint density at radius 1 is 0.912 bits per heavy atom. The number of nitrogens with one attached hydrogen (secondary N) is 1. The summed E-state index contributed by atoms with van der Waals surface area (Å²) >= 11 is 0. The summed E-state index contributed by atoms with van der Waals surface area (Å²) in [5, 5.41) is 3.05. The van der Waals surface area contributed by atoms with E-state index in [0.29, 0.717) is 17.4 Å². The van der Waals surface area contributed by atoms with Gasteiger partial charge in [0.05, 0.1) is 5.69 Å². The largest absolute Gasteiger partial charge is 0.484 e. The van der Waals surface area contributed by atoms with Crippen molar-refractivity contribution < 1.29 is 22.7 Å². The number of ether oxygens (including phenoxy) is 1. The number of halogens is 3. The van der Waals surface area contributed by atoms with Crippen LogP contribution in [0.3, 0.4) is 0 Å². The third kappa shape index (κ3) is 6.88. The second-order valence-corrected chi connectivity index (χ2v) is 9.24. The Balaban J connectivity index is 1.10. The third-order valence-electron chi connectivity index (χ3n) is 6.87. The second kappa shape index (κ2) is 11.6. The highest BCUT2D eigenvalue weighted by Gasteiger charge is 2.24. The lowest BCUT2D eigenvalue weighted by molar-refractivity contribution is -0.124. The fourth-order valence-corrected chi connectivity index (χ4v) is 4.86. The summed E-state index contributed by atoms with van der Waals surface area (Å²) < 4.78 is 45.5. The number of carbonyl (C=O) groups excluding carboxylic acids is 1. The summed E-state index contributed by atoms with van der Waals surface area (Å²) in [4.78, 5) is 16.6. The van der Waals surface area contributed by atoms with Crippen LogP contribution in [-0.2, 0) is 4.79 Å². The van der Waals surface area contributed by atoms with Crippen LogP contribution in [0.15, 0.2) is 42.5 Å². The monoisotopic (exact) mass is 475 g/mol. The molecular formula is C26H32F3N3O2. The first kappa shape index (κ1) is 24.4. The lowest BCUT2D eigenvalue weighted by Crippen LogP contribution is -2.47. The number of carbonyl (C=O) groups is 1. The summed E-state index contributed by atoms with van der Waals surface area (Å²) in [6.45, 7) is 4.17. The van der Waals surface area contributed by atoms with E-state index < -0.39 is 11.6 Å². The van der Waals surface area contributed by atoms with Crippen LogP contribution < -0.4 is 15.0 Å². The van der Waals surface area contributed by atoms with Gasteiger partial charge in [-0.25, -0.2) is 13.2 Å². The summed E-state index contributed by atoms with van der Waals surface area (Å²) in [7, 11) is 0. The molecule has 0 aromatic heterocycles. The van der Waals surface area contributed by atoms with Gasteiger partial charge in [0.2, 0.25) is 0 Å². The molecule has 1 saturated carbocycles. The average Bonchev–Trinajstić information content (AvgIpc) is 2.84. The summed E-state index contributed by atoms with van der Waals surface area (Å²) in [5.41, 5.74) is 0.476. The predicted octanol–water partition coefficient (Wildman–Crippen LogP) is 4.37. The Kier molecular flexibility index (Phi) is 8.32. The van der Waals surface area contributed by atoms with Crippen molar-refractivity contribution in [3.05, 3.63) is 59.9 Å². The summed E-state index contributed by atoms with van der Waals surface area (Å²) in [6.07, 6.45) is 5.23. The van der Waals surface area contributed by atoms with Crippen molar-refractivity contribution in [3.8, 4) is 5.75 Å². The van der Waals surface area contributed by atoms with E-state index in [1.165, 1.54) is 36.4 Å². The lowest BCUT2D eigenvalue weighted by Gasteiger charge is -2.37. The van der Waals surface area contributed by atoms with E-state index in [1.807, 2.05) is 4.90 Å². The van der Waals surface area contributed by atoms with Crippen LogP contribution in [0.1, 0.15) is 32.1 Å². The maximum Gasteiger partial charge on any atom is 0.258 e. The van der Waals surface area contributed by atoms with Gasteiger partial charge in [0.15, 0.2) is 6.61 Å². The molecule has 1 saturated heterocycles. The molecule has 5 nitrogen and oxygen atoms in total. The maximum absolute atomic E-state index is 14.0. The Labute approximate surface area is 198 Å². The number of hydrogen-bond donors (Lipinski definition) is 1. The van der Waals surface area contributed by atoms with E-state index in [2.05, 4.69) is 10.2 Å². The molecule has 1 aliphatic heterocycles. The molecular weight excluding hydrogens is 443 g/mol. The molecule has 0 unspecified atom stereocenters. The zero-order chi connectivity index (χ0) is 23.9. The second-order valence-electron chi connectivity index (χ2n) is 9.24. The number of nitrogens with zero attached hydrogens (tertiary/aromatic N) is 2. The molecule has 184 valence electrons. The van der Waals surface area contributed by atoms with Crippen molar-refractivity contribution in [2.24, 2.45) is 5.92 Å². The van der Waals surface area contributed by atoms with Crippen LogP contribution in [0.5, 0.6) is 5.75 Å². The quantitative estimate of drug-likeness (QED) is 0.616. The summed E-state index contributed by atoms with van der Waals surface area (Å²) in [6, 6.07) is 9.58. The van der Waals surface area contributed by atoms with Gasteiger partial charge in [-0.05, 0) is 81.0 Å². The van der Waals surface area contributed by atoms with Gasteiger partial charge in [-0.2, -0.15) is 0 Å². The first-order valence-corrected chi connectivity index (χ1v) is 12.1. The number of amides is 1. The van der Waals surface area contributed by atoms with Crippen molar-refractivity contribution in [2.75, 3.05) is 44.2 Å². The first-order valence-electron chi connectivity index (χ1n) is 12.1. The van der Waals surface area contributed by atoms with Gasteiger partial charge in [-0.3, -0.25) is 9.69 Å². The molecule has 4 rings (SSSR count). The molecule has 2 aromatic carbocycles. The minimum atomic E-state index is -0.549. The molecule has 2 aliphatic rings. The molecule has 0 radical (unpaired) electrons. The normalized spacial score (nSPS) is 21.3. The van der Waals surface area contributed by atoms with Crippen LogP contribution in [0.2, 0.25) is 0 Å². The molecule has 0 atom stereocenters. The standard InChI is InChI=1S/C26H32F3N3O2/c27-20-3-8-23(9-4-20)34-18-26(33)30-22-6-1-19(2-7-22)11-12-31-13-15-32(16-14-31)25-10-5-21(28)17-24(25)29/h3-5,8-10,17,19,22H,1-2,6-7,11-16,18H2,(H,30,33). The lowest BCUT2D eigenvalue weighted by atomic mass is 9.84. The van der Waals surface area contributed by atoms with Crippen LogP contribution in [0, 0.1) is 23.4 Å². The zero-order valence-corrected chi connectivity index (χ0v) is 19.3. The van der Waals surface area contributed by atoms with E-state index in [1.54, 1.807) is 0 Å². The molecule has 2 fully saturated rings. The van der Waals surface area contributed by atoms with E-state index >= 15 is 0 Å². The van der Waals surface area contributed by atoms with Gasteiger partial charge in [-0.15, -0.1) is 0 Å². The molecule has 8 heteroatoms. The number of benzene rings is 2. The van der Waals surface area contributed by atoms with Crippen LogP contribution >= 0.6 is 0 Å².